The summed E-state index contributed by atoms with van der Waals surface area (Å²) in [6, 6.07) is 10.4. The predicted molar refractivity (Wildman–Crippen MR) is 94.5 cm³/mol. The van der Waals surface area contributed by atoms with Crippen LogP contribution in [0.3, 0.4) is 0 Å². The van der Waals surface area contributed by atoms with E-state index in [2.05, 4.69) is 10.3 Å². The number of fused-ring (bicyclic) bond motifs is 1. The molecule has 122 valence electrons. The quantitative estimate of drug-likeness (QED) is 0.574. The molecule has 7 heteroatoms. The summed E-state index contributed by atoms with van der Waals surface area (Å²) in [5, 5.41) is 14.0. The van der Waals surface area contributed by atoms with Crippen molar-refractivity contribution < 1.29 is 9.72 Å². The van der Waals surface area contributed by atoms with Crippen LogP contribution in [0.25, 0.3) is 10.2 Å². The van der Waals surface area contributed by atoms with Gasteiger partial charge in [-0.25, -0.2) is 4.98 Å². The first-order valence-electron chi connectivity index (χ1n) is 7.33. The van der Waals surface area contributed by atoms with Crippen molar-refractivity contribution in [1.29, 1.82) is 0 Å². The van der Waals surface area contributed by atoms with Crippen molar-refractivity contribution in [1.82, 2.24) is 4.98 Å². The molecule has 0 bridgehead atoms. The van der Waals surface area contributed by atoms with Gasteiger partial charge >= 0.3 is 0 Å². The summed E-state index contributed by atoms with van der Waals surface area (Å²) in [6.45, 7) is 3.99. The van der Waals surface area contributed by atoms with Crippen molar-refractivity contribution in [2.45, 2.75) is 20.3 Å². The number of nitrogens with zero attached hydrogens (tertiary/aromatic N) is 2. The number of nitrogens with one attached hydrogen (secondary N) is 1. The largest absolute Gasteiger partial charge is 0.302 e. The lowest BCUT2D eigenvalue weighted by Gasteiger charge is -2.06. The Morgan fingerprint density at radius 1 is 1.25 bits per heavy atom. The second kappa shape index (κ2) is 6.37. The number of carbonyl (C=O) groups excluding carboxylic acids is 1. The number of amides is 1. The van der Waals surface area contributed by atoms with Crippen LogP contribution < -0.4 is 5.32 Å². The van der Waals surface area contributed by atoms with Crippen molar-refractivity contribution >= 4 is 38.3 Å². The van der Waals surface area contributed by atoms with Gasteiger partial charge in [-0.1, -0.05) is 35.1 Å². The number of hydrogen-bond donors (Lipinski definition) is 1. The molecule has 0 saturated heterocycles. The molecular formula is C17H15N3O3S. The van der Waals surface area contributed by atoms with Gasteiger partial charge in [0.05, 0.1) is 21.6 Å². The molecule has 0 saturated carbocycles. The molecule has 0 unspecified atom stereocenters. The lowest BCUT2D eigenvalue weighted by atomic mass is 10.0. The van der Waals surface area contributed by atoms with Gasteiger partial charge in [0, 0.05) is 12.1 Å². The van der Waals surface area contributed by atoms with Crippen molar-refractivity contribution in [3.05, 3.63) is 63.2 Å². The fourth-order valence-corrected chi connectivity index (χ4v) is 3.38. The van der Waals surface area contributed by atoms with E-state index in [4.69, 9.17) is 0 Å². The molecule has 0 aliphatic carbocycles. The van der Waals surface area contributed by atoms with Gasteiger partial charge in [-0.3, -0.25) is 14.9 Å². The lowest BCUT2D eigenvalue weighted by molar-refractivity contribution is -0.384. The van der Waals surface area contributed by atoms with Gasteiger partial charge in [-0.15, -0.1) is 0 Å². The maximum Gasteiger partial charge on any atom is 0.270 e. The topological polar surface area (TPSA) is 85.1 Å². The molecular weight excluding hydrogens is 326 g/mol. The molecule has 3 aromatic rings. The highest BCUT2D eigenvalue weighted by molar-refractivity contribution is 7.22. The number of non-ortho nitro benzene ring substituents is 1. The lowest BCUT2D eigenvalue weighted by Crippen LogP contribution is -2.14. The highest BCUT2D eigenvalue weighted by atomic mass is 32.1. The highest BCUT2D eigenvalue weighted by Gasteiger charge is 2.13. The van der Waals surface area contributed by atoms with Gasteiger partial charge in [0.15, 0.2) is 5.13 Å². The van der Waals surface area contributed by atoms with Gasteiger partial charge in [0.25, 0.3) is 5.69 Å². The molecule has 0 radical (unpaired) electrons. The minimum Gasteiger partial charge on any atom is -0.302 e. The summed E-state index contributed by atoms with van der Waals surface area (Å²) in [4.78, 5) is 26.9. The number of nitro benzene ring substituents is 1. The van der Waals surface area contributed by atoms with Crippen LogP contribution in [-0.2, 0) is 11.2 Å². The van der Waals surface area contributed by atoms with Gasteiger partial charge in [-0.2, -0.15) is 0 Å². The number of carbonyl (C=O) groups is 1. The van der Waals surface area contributed by atoms with E-state index in [1.807, 2.05) is 32.0 Å². The van der Waals surface area contributed by atoms with Crippen LogP contribution in [0, 0.1) is 24.0 Å². The molecule has 1 amide bonds. The standard InChI is InChI=1S/C17H15N3O3S/c1-10-3-4-12(11(2)7-10)8-16(21)19-17-18-14-6-5-13(20(22)23)9-15(14)24-17/h3-7,9H,8H2,1-2H3,(H,18,19,21). The molecule has 0 atom stereocenters. The number of benzene rings is 2. The number of anilines is 1. The number of rotatable bonds is 4. The minimum atomic E-state index is -0.447. The SMILES string of the molecule is Cc1ccc(CC(=O)Nc2nc3ccc([N+](=O)[O-])cc3s2)c(C)c1. The molecule has 3 rings (SSSR count). The molecule has 1 aromatic heterocycles. The van der Waals surface area contributed by atoms with Crippen LogP contribution in [0.1, 0.15) is 16.7 Å². The molecule has 0 aliphatic rings. The zero-order valence-corrected chi connectivity index (χ0v) is 14.0. The van der Waals surface area contributed by atoms with Crippen LogP contribution in [0.2, 0.25) is 0 Å². The van der Waals surface area contributed by atoms with Gasteiger partial charge in [0.1, 0.15) is 0 Å². The molecule has 0 spiro atoms. The molecule has 6 nitrogen and oxygen atoms in total. The Hall–Kier alpha value is -2.80. The second-order valence-corrected chi connectivity index (χ2v) is 6.61. The monoisotopic (exact) mass is 341 g/mol. The summed E-state index contributed by atoms with van der Waals surface area (Å²) in [6.07, 6.45) is 0.266. The zero-order chi connectivity index (χ0) is 17.3. The van der Waals surface area contributed by atoms with E-state index in [0.717, 1.165) is 16.7 Å². The third kappa shape index (κ3) is 3.41. The average molecular weight is 341 g/mol. The van der Waals surface area contributed by atoms with Crippen molar-refractivity contribution in [2.75, 3.05) is 5.32 Å². The Morgan fingerprint density at radius 3 is 2.75 bits per heavy atom. The van der Waals surface area contributed by atoms with Crippen molar-refractivity contribution in [3.63, 3.8) is 0 Å². The van der Waals surface area contributed by atoms with Crippen LogP contribution in [-0.4, -0.2) is 15.8 Å². The number of aryl methyl sites for hydroxylation is 2. The van der Waals surface area contributed by atoms with Crippen LogP contribution in [0.5, 0.6) is 0 Å². The summed E-state index contributed by atoms with van der Waals surface area (Å²) in [7, 11) is 0. The Kier molecular flexibility index (Phi) is 4.26. The number of hydrogen-bond acceptors (Lipinski definition) is 5. The molecule has 1 N–H and O–H groups in total. The summed E-state index contributed by atoms with van der Waals surface area (Å²) in [5.74, 6) is -0.157. The molecule has 24 heavy (non-hydrogen) atoms. The summed E-state index contributed by atoms with van der Waals surface area (Å²) < 4.78 is 0.672. The number of nitro groups is 1. The number of thiazole rings is 1. The van der Waals surface area contributed by atoms with E-state index >= 15 is 0 Å². The van der Waals surface area contributed by atoms with Crippen LogP contribution >= 0.6 is 11.3 Å². The van der Waals surface area contributed by atoms with Gasteiger partial charge in [-0.05, 0) is 31.0 Å². The fourth-order valence-electron chi connectivity index (χ4n) is 2.46. The van der Waals surface area contributed by atoms with Crippen molar-refractivity contribution in [3.8, 4) is 0 Å². The van der Waals surface area contributed by atoms with E-state index in [1.165, 1.54) is 23.5 Å². The summed E-state index contributed by atoms with van der Waals surface area (Å²) >= 11 is 1.23. The van der Waals surface area contributed by atoms with E-state index in [9.17, 15) is 14.9 Å². The minimum absolute atomic E-state index is 0.0132. The maximum atomic E-state index is 12.2. The van der Waals surface area contributed by atoms with Gasteiger partial charge in [0.2, 0.25) is 5.91 Å². The first kappa shape index (κ1) is 16.1. The Balaban J connectivity index is 1.76. The van der Waals surface area contributed by atoms with Crippen LogP contribution in [0.15, 0.2) is 36.4 Å². The van der Waals surface area contributed by atoms with E-state index < -0.39 is 4.92 Å². The van der Waals surface area contributed by atoms with E-state index in [-0.39, 0.29) is 18.0 Å². The molecule has 2 aromatic carbocycles. The summed E-state index contributed by atoms with van der Waals surface area (Å²) in [5.41, 5.74) is 3.84. The maximum absolute atomic E-state index is 12.2. The predicted octanol–water partition coefficient (Wildman–Crippen LogP) is 4.00. The molecule has 0 fully saturated rings. The smallest absolute Gasteiger partial charge is 0.270 e. The first-order valence-corrected chi connectivity index (χ1v) is 8.15. The fraction of sp³-hybridized carbons (Fsp3) is 0.176. The Labute approximate surface area is 142 Å². The first-order chi connectivity index (χ1) is 11.4. The molecule has 1 heterocycles. The second-order valence-electron chi connectivity index (χ2n) is 5.58. The third-order valence-electron chi connectivity index (χ3n) is 3.68. The Bertz CT molecular complexity index is 949. The zero-order valence-electron chi connectivity index (χ0n) is 13.2. The van der Waals surface area contributed by atoms with E-state index in [0.29, 0.717) is 15.3 Å². The van der Waals surface area contributed by atoms with Crippen LogP contribution in [0.4, 0.5) is 10.8 Å². The Morgan fingerprint density at radius 2 is 2.04 bits per heavy atom. The average Bonchev–Trinajstić information content (AvgIpc) is 2.91. The number of aromatic nitrogens is 1. The highest BCUT2D eigenvalue weighted by Crippen LogP contribution is 2.29. The van der Waals surface area contributed by atoms with Gasteiger partial charge < -0.3 is 5.32 Å². The van der Waals surface area contributed by atoms with Crippen molar-refractivity contribution in [2.24, 2.45) is 0 Å². The molecule has 0 aliphatic heterocycles. The van der Waals surface area contributed by atoms with E-state index in [1.54, 1.807) is 6.07 Å². The normalized spacial score (nSPS) is 10.8. The third-order valence-corrected chi connectivity index (χ3v) is 4.61.